The Balaban J connectivity index is 1.52. The van der Waals surface area contributed by atoms with Crippen LogP contribution in [-0.4, -0.2) is 18.2 Å². The SMILES string of the molecule is C=CCOC1(c2cccc(OC(=O)C(C)(C)C)c2)OOC12C1CC3CC(C1)CC2C3. The van der Waals surface area contributed by atoms with Crippen molar-refractivity contribution in [1.82, 2.24) is 0 Å². The fraction of sp³-hybridized carbons (Fsp3) is 0.640. The molecule has 1 saturated heterocycles. The van der Waals surface area contributed by atoms with Crippen LogP contribution in [0.25, 0.3) is 0 Å². The number of ether oxygens (including phenoxy) is 2. The first kappa shape index (κ1) is 20.2. The molecule has 5 fully saturated rings. The summed E-state index contributed by atoms with van der Waals surface area (Å²) in [6.07, 6.45) is 7.81. The van der Waals surface area contributed by atoms with Crippen molar-refractivity contribution in [2.24, 2.45) is 29.1 Å². The van der Waals surface area contributed by atoms with Crippen molar-refractivity contribution in [2.45, 2.75) is 64.3 Å². The minimum Gasteiger partial charge on any atom is -0.426 e. The first-order chi connectivity index (χ1) is 14.3. The topological polar surface area (TPSA) is 54.0 Å². The van der Waals surface area contributed by atoms with E-state index in [9.17, 15) is 4.79 Å². The molecule has 4 aliphatic carbocycles. The zero-order chi connectivity index (χ0) is 21.1. The molecule has 0 amide bonds. The van der Waals surface area contributed by atoms with E-state index in [0.29, 0.717) is 24.2 Å². The zero-order valence-corrected chi connectivity index (χ0v) is 18.2. The third-order valence-electron chi connectivity index (χ3n) is 7.60. The lowest BCUT2D eigenvalue weighted by molar-refractivity contribution is -0.647. The van der Waals surface area contributed by atoms with Crippen molar-refractivity contribution in [1.29, 1.82) is 0 Å². The summed E-state index contributed by atoms with van der Waals surface area (Å²) < 4.78 is 12.1. The van der Waals surface area contributed by atoms with Crippen LogP contribution in [0.2, 0.25) is 0 Å². The van der Waals surface area contributed by atoms with Crippen molar-refractivity contribution in [3.05, 3.63) is 42.5 Å². The zero-order valence-electron chi connectivity index (χ0n) is 18.2. The van der Waals surface area contributed by atoms with Crippen LogP contribution < -0.4 is 4.74 Å². The highest BCUT2D eigenvalue weighted by molar-refractivity contribution is 5.77. The molecule has 1 unspecified atom stereocenters. The first-order valence-corrected chi connectivity index (χ1v) is 11.2. The molecule has 5 aliphatic rings. The summed E-state index contributed by atoms with van der Waals surface area (Å²) >= 11 is 0. The lowest BCUT2D eigenvalue weighted by atomic mass is 9.47. The summed E-state index contributed by atoms with van der Waals surface area (Å²) in [6, 6.07) is 7.57. The largest absolute Gasteiger partial charge is 0.426 e. The lowest BCUT2D eigenvalue weighted by Crippen LogP contribution is -2.76. The van der Waals surface area contributed by atoms with E-state index in [1.807, 2.05) is 39.0 Å². The molecule has 0 N–H and O–H groups in total. The van der Waals surface area contributed by atoms with Gasteiger partial charge in [0.25, 0.3) is 5.79 Å². The Morgan fingerprint density at radius 3 is 2.33 bits per heavy atom. The molecule has 1 aliphatic heterocycles. The molecule has 5 heteroatoms. The highest BCUT2D eigenvalue weighted by Gasteiger charge is 2.76. The van der Waals surface area contributed by atoms with Crippen molar-refractivity contribution >= 4 is 5.97 Å². The fourth-order valence-electron chi connectivity index (χ4n) is 6.47. The summed E-state index contributed by atoms with van der Waals surface area (Å²) in [6.45, 7) is 9.74. The second-order valence-electron chi connectivity index (χ2n) is 10.6. The Hall–Kier alpha value is -1.69. The van der Waals surface area contributed by atoms with E-state index in [1.54, 1.807) is 12.1 Å². The highest BCUT2D eigenvalue weighted by Crippen LogP contribution is 2.69. The normalized spacial score (nSPS) is 39.0. The first-order valence-electron chi connectivity index (χ1n) is 11.2. The fourth-order valence-corrected chi connectivity index (χ4v) is 6.47. The van der Waals surface area contributed by atoms with Gasteiger partial charge >= 0.3 is 5.97 Å². The van der Waals surface area contributed by atoms with Gasteiger partial charge in [0, 0.05) is 5.56 Å². The van der Waals surface area contributed by atoms with E-state index in [-0.39, 0.29) is 5.97 Å². The van der Waals surface area contributed by atoms with Crippen molar-refractivity contribution < 1.29 is 24.0 Å². The molecule has 30 heavy (non-hydrogen) atoms. The quantitative estimate of drug-likeness (QED) is 0.290. The maximum atomic E-state index is 12.4. The molecule has 1 aromatic rings. The maximum Gasteiger partial charge on any atom is 0.316 e. The van der Waals surface area contributed by atoms with Crippen molar-refractivity contribution in [2.75, 3.05) is 6.61 Å². The van der Waals surface area contributed by atoms with Gasteiger partial charge in [-0.25, -0.2) is 4.89 Å². The molecule has 5 nitrogen and oxygen atoms in total. The van der Waals surface area contributed by atoms with Crippen LogP contribution >= 0.6 is 0 Å². The van der Waals surface area contributed by atoms with Gasteiger partial charge in [0.15, 0.2) is 5.60 Å². The Morgan fingerprint density at radius 2 is 1.80 bits per heavy atom. The number of hydrogen-bond acceptors (Lipinski definition) is 5. The minimum atomic E-state index is -0.992. The number of benzene rings is 1. The molecule has 6 rings (SSSR count). The molecule has 1 aromatic carbocycles. The molecule has 4 bridgehead atoms. The van der Waals surface area contributed by atoms with Crippen LogP contribution in [0.5, 0.6) is 5.75 Å². The highest BCUT2D eigenvalue weighted by atomic mass is 17.3. The Morgan fingerprint density at radius 1 is 1.13 bits per heavy atom. The minimum absolute atomic E-state index is 0.268. The van der Waals surface area contributed by atoms with E-state index in [0.717, 1.165) is 17.4 Å². The summed E-state index contributed by atoms with van der Waals surface area (Å²) in [5.41, 5.74) is -0.204. The average Bonchev–Trinajstić information content (AvgIpc) is 2.67. The average molecular weight is 413 g/mol. The summed E-state index contributed by atoms with van der Waals surface area (Å²) in [7, 11) is 0. The van der Waals surface area contributed by atoms with Crippen LogP contribution in [0.3, 0.4) is 0 Å². The molecule has 1 heterocycles. The molecule has 0 aromatic heterocycles. The molecule has 162 valence electrons. The van der Waals surface area contributed by atoms with Crippen molar-refractivity contribution in [3.8, 4) is 5.75 Å². The molecule has 4 saturated carbocycles. The second kappa shape index (κ2) is 6.91. The van der Waals surface area contributed by atoms with Gasteiger partial charge in [-0.2, -0.15) is 4.89 Å². The van der Waals surface area contributed by atoms with Gasteiger partial charge in [0.05, 0.1) is 12.0 Å². The Kier molecular flexibility index (Phi) is 4.66. The van der Waals surface area contributed by atoms with Gasteiger partial charge in [-0.1, -0.05) is 18.2 Å². The monoisotopic (exact) mass is 412 g/mol. The standard InChI is InChI=1S/C25H32O5/c1-5-9-27-25(18-7-6-8-21(15-18)28-22(26)23(2,3)4)24(29-30-25)19-11-16-10-17(13-19)14-20(24)12-16/h5-8,15-17,19-20H,1,9-14H2,2-4H3. The van der Waals surface area contributed by atoms with Crippen LogP contribution in [0.15, 0.2) is 36.9 Å². The van der Waals surface area contributed by atoms with E-state index in [1.165, 1.54) is 32.1 Å². The summed E-state index contributed by atoms with van der Waals surface area (Å²) in [4.78, 5) is 24.4. The third kappa shape index (κ3) is 2.82. The molecule has 0 radical (unpaired) electrons. The van der Waals surface area contributed by atoms with E-state index >= 15 is 0 Å². The molecular formula is C25H32O5. The summed E-state index contributed by atoms with van der Waals surface area (Å²) in [5, 5.41) is 0. The van der Waals surface area contributed by atoms with Crippen LogP contribution in [0.1, 0.15) is 58.4 Å². The molecular weight excluding hydrogens is 380 g/mol. The van der Waals surface area contributed by atoms with Crippen LogP contribution in [0.4, 0.5) is 0 Å². The van der Waals surface area contributed by atoms with E-state index in [2.05, 4.69) is 6.58 Å². The maximum absolute atomic E-state index is 12.4. The van der Waals surface area contributed by atoms with E-state index in [4.69, 9.17) is 19.2 Å². The number of esters is 1. The van der Waals surface area contributed by atoms with Gasteiger partial charge in [-0.3, -0.25) is 4.79 Å². The molecule has 1 spiro atoms. The second-order valence-corrected chi connectivity index (χ2v) is 10.6. The number of rotatable bonds is 5. The smallest absolute Gasteiger partial charge is 0.316 e. The third-order valence-corrected chi connectivity index (χ3v) is 7.60. The Labute approximate surface area is 178 Å². The van der Waals surface area contributed by atoms with Gasteiger partial charge in [0.1, 0.15) is 5.75 Å². The van der Waals surface area contributed by atoms with Gasteiger partial charge in [-0.05, 0) is 88.7 Å². The van der Waals surface area contributed by atoms with Crippen molar-refractivity contribution in [3.63, 3.8) is 0 Å². The number of carbonyl (C=O) groups excluding carboxylic acids is 1. The summed E-state index contributed by atoms with van der Waals surface area (Å²) in [5.74, 6) is 1.70. The van der Waals surface area contributed by atoms with Gasteiger partial charge in [0.2, 0.25) is 0 Å². The number of carbonyl (C=O) groups is 1. The lowest BCUT2D eigenvalue weighted by Gasteiger charge is -2.68. The predicted octanol–water partition coefficient (Wildman–Crippen LogP) is 5.15. The Bertz CT molecular complexity index is 825. The molecule has 1 atom stereocenters. The number of hydrogen-bond donors (Lipinski definition) is 0. The predicted molar refractivity (Wildman–Crippen MR) is 111 cm³/mol. The van der Waals surface area contributed by atoms with Crippen LogP contribution in [-0.2, 0) is 25.1 Å². The van der Waals surface area contributed by atoms with Gasteiger partial charge in [-0.15, -0.1) is 6.58 Å². The van der Waals surface area contributed by atoms with Crippen LogP contribution in [0, 0.1) is 29.1 Å². The van der Waals surface area contributed by atoms with E-state index < -0.39 is 16.8 Å². The van der Waals surface area contributed by atoms with Gasteiger partial charge < -0.3 is 9.47 Å².